The van der Waals surface area contributed by atoms with Gasteiger partial charge in [-0.3, -0.25) is 14.5 Å². The summed E-state index contributed by atoms with van der Waals surface area (Å²) in [7, 11) is 0. The molecule has 3 aromatic carbocycles. The number of amides is 1. The molecule has 1 aliphatic heterocycles. The third kappa shape index (κ3) is 3.96. The van der Waals surface area contributed by atoms with Crippen molar-refractivity contribution in [3.05, 3.63) is 100 Å². The lowest BCUT2D eigenvalue weighted by Gasteiger charge is -2.26. The molecule has 0 radical (unpaired) electrons. The lowest BCUT2D eigenvalue weighted by atomic mass is 9.84. The summed E-state index contributed by atoms with van der Waals surface area (Å²) < 4.78 is 13.7. The maximum Gasteiger partial charge on any atom is 0.300 e. The van der Waals surface area contributed by atoms with E-state index in [4.69, 9.17) is 0 Å². The Bertz CT molecular complexity index is 1320. The van der Waals surface area contributed by atoms with Crippen molar-refractivity contribution in [2.45, 2.75) is 39.2 Å². The molecule has 2 N–H and O–H groups in total. The Morgan fingerprint density at radius 1 is 0.971 bits per heavy atom. The summed E-state index contributed by atoms with van der Waals surface area (Å²) in [5.74, 6) is -2.74. The van der Waals surface area contributed by atoms with Gasteiger partial charge in [-0.15, -0.1) is 0 Å². The highest BCUT2D eigenvalue weighted by atomic mass is 19.1. The molecule has 5 nitrogen and oxygen atoms in total. The van der Waals surface area contributed by atoms with Gasteiger partial charge in [-0.1, -0.05) is 57.2 Å². The Morgan fingerprint density at radius 3 is 2.24 bits per heavy atom. The number of phenolic OH excluding ortho intramolecular Hbond substituents is 1. The first-order valence-electron chi connectivity index (χ1n) is 11.0. The normalized spacial score (nSPS) is 17.9. The van der Waals surface area contributed by atoms with Crippen LogP contribution in [0.15, 0.2) is 72.3 Å². The Kier molecular flexibility index (Phi) is 5.77. The monoisotopic (exact) mass is 459 g/mol. The van der Waals surface area contributed by atoms with Crippen molar-refractivity contribution >= 4 is 23.1 Å². The lowest BCUT2D eigenvalue weighted by Crippen LogP contribution is -2.29. The number of ketones is 1. The zero-order valence-electron chi connectivity index (χ0n) is 19.5. The molecule has 1 amide bonds. The third-order valence-corrected chi connectivity index (χ3v) is 6.13. The van der Waals surface area contributed by atoms with Gasteiger partial charge in [-0.05, 0) is 59.4 Å². The van der Waals surface area contributed by atoms with Gasteiger partial charge in [-0.25, -0.2) is 4.39 Å². The molecular formula is C28H26FNO4. The van der Waals surface area contributed by atoms with Crippen molar-refractivity contribution in [1.29, 1.82) is 0 Å². The largest absolute Gasteiger partial charge is 0.507 e. The van der Waals surface area contributed by atoms with Crippen molar-refractivity contribution < 1.29 is 24.2 Å². The van der Waals surface area contributed by atoms with Crippen LogP contribution in [0.5, 0.6) is 5.75 Å². The second-order valence-electron chi connectivity index (χ2n) is 9.49. The molecule has 4 rings (SSSR count). The molecule has 1 fully saturated rings. The van der Waals surface area contributed by atoms with Crippen LogP contribution in [0.2, 0.25) is 0 Å². The highest BCUT2D eigenvalue weighted by molar-refractivity contribution is 6.52. The molecule has 1 atom stereocenters. The number of hydrogen-bond acceptors (Lipinski definition) is 4. The van der Waals surface area contributed by atoms with Gasteiger partial charge in [0, 0.05) is 5.56 Å². The molecule has 0 saturated carbocycles. The van der Waals surface area contributed by atoms with Crippen LogP contribution in [0.1, 0.15) is 49.1 Å². The first-order valence-corrected chi connectivity index (χ1v) is 11.0. The van der Waals surface area contributed by atoms with Crippen LogP contribution in [0.4, 0.5) is 10.1 Å². The van der Waals surface area contributed by atoms with Crippen LogP contribution in [-0.4, -0.2) is 21.9 Å². The standard InChI is InChI=1S/C28H26FNO4/c1-16-9-12-18(28(2,3)4)15-20(16)25(32)23-24(17-10-13-19(29)14-11-17)30(27(34)26(23)33)21-7-5-6-8-22(21)31/h5-15,24,31-32H,1-4H3/b25-23+. The fraction of sp³-hybridized carbons (Fsp3) is 0.214. The zero-order valence-corrected chi connectivity index (χ0v) is 19.5. The molecule has 34 heavy (non-hydrogen) atoms. The number of Topliss-reactive ketones (excluding diaryl/α,β-unsaturated/α-hetero) is 1. The number of aryl methyl sites for hydroxylation is 1. The molecule has 1 unspecified atom stereocenters. The number of para-hydroxylation sites is 2. The molecular weight excluding hydrogens is 433 g/mol. The Balaban J connectivity index is 2.00. The van der Waals surface area contributed by atoms with Gasteiger partial charge >= 0.3 is 0 Å². The number of aromatic hydroxyl groups is 1. The number of rotatable bonds is 3. The molecule has 3 aromatic rings. The molecule has 1 saturated heterocycles. The predicted octanol–water partition coefficient (Wildman–Crippen LogP) is 5.76. The number of nitrogens with zero attached hydrogens (tertiary/aromatic N) is 1. The van der Waals surface area contributed by atoms with Crippen LogP contribution in [-0.2, 0) is 15.0 Å². The fourth-order valence-electron chi connectivity index (χ4n) is 4.20. The van der Waals surface area contributed by atoms with E-state index in [0.29, 0.717) is 11.1 Å². The molecule has 1 aliphatic rings. The van der Waals surface area contributed by atoms with Crippen LogP contribution in [0.25, 0.3) is 5.76 Å². The van der Waals surface area contributed by atoms with Gasteiger partial charge < -0.3 is 10.2 Å². The number of anilines is 1. The van der Waals surface area contributed by atoms with Crippen LogP contribution < -0.4 is 4.90 Å². The topological polar surface area (TPSA) is 77.8 Å². The Hall–Kier alpha value is -3.93. The van der Waals surface area contributed by atoms with Gasteiger partial charge in [0.1, 0.15) is 17.3 Å². The molecule has 6 heteroatoms. The van der Waals surface area contributed by atoms with Crippen molar-refractivity contribution in [2.24, 2.45) is 0 Å². The summed E-state index contributed by atoms with van der Waals surface area (Å²) >= 11 is 0. The number of aliphatic hydroxyl groups excluding tert-OH is 1. The Labute approximate surface area is 197 Å². The molecule has 0 bridgehead atoms. The van der Waals surface area contributed by atoms with Gasteiger partial charge in [-0.2, -0.15) is 0 Å². The first kappa shape index (κ1) is 23.2. The minimum Gasteiger partial charge on any atom is -0.507 e. The summed E-state index contributed by atoms with van der Waals surface area (Å²) in [6, 6.07) is 16.1. The molecule has 0 aromatic heterocycles. The van der Waals surface area contributed by atoms with E-state index in [2.05, 4.69) is 0 Å². The van der Waals surface area contributed by atoms with E-state index in [-0.39, 0.29) is 28.2 Å². The van der Waals surface area contributed by atoms with Crippen molar-refractivity contribution in [3.8, 4) is 5.75 Å². The van der Waals surface area contributed by atoms with Gasteiger partial charge in [0.2, 0.25) is 0 Å². The number of aliphatic hydroxyl groups is 1. The van der Waals surface area contributed by atoms with Gasteiger partial charge in [0.25, 0.3) is 11.7 Å². The molecule has 174 valence electrons. The lowest BCUT2D eigenvalue weighted by molar-refractivity contribution is -0.132. The molecule has 1 heterocycles. The van der Waals surface area contributed by atoms with E-state index >= 15 is 0 Å². The maximum atomic E-state index is 13.7. The second-order valence-corrected chi connectivity index (χ2v) is 9.49. The van der Waals surface area contributed by atoms with E-state index in [9.17, 15) is 24.2 Å². The summed E-state index contributed by atoms with van der Waals surface area (Å²) in [6.45, 7) is 7.93. The number of phenols is 1. The highest BCUT2D eigenvalue weighted by Gasteiger charge is 2.47. The van der Waals surface area contributed by atoms with Crippen molar-refractivity contribution in [1.82, 2.24) is 0 Å². The number of benzene rings is 3. The van der Waals surface area contributed by atoms with Gasteiger partial charge in [0.15, 0.2) is 0 Å². The Morgan fingerprint density at radius 2 is 1.62 bits per heavy atom. The second kappa shape index (κ2) is 8.45. The minimum atomic E-state index is -1.05. The number of halogens is 1. The zero-order chi connectivity index (χ0) is 24.8. The summed E-state index contributed by atoms with van der Waals surface area (Å²) in [5, 5.41) is 21.9. The van der Waals surface area contributed by atoms with Crippen molar-refractivity contribution in [2.75, 3.05) is 4.90 Å². The van der Waals surface area contributed by atoms with Gasteiger partial charge in [0.05, 0.1) is 17.3 Å². The summed E-state index contributed by atoms with van der Waals surface area (Å²) in [6.07, 6.45) is 0. The number of carbonyl (C=O) groups is 2. The van der Waals surface area contributed by atoms with E-state index in [1.807, 2.05) is 45.9 Å². The maximum absolute atomic E-state index is 13.7. The predicted molar refractivity (Wildman–Crippen MR) is 129 cm³/mol. The van der Waals surface area contributed by atoms with E-state index in [1.165, 1.54) is 36.4 Å². The summed E-state index contributed by atoms with van der Waals surface area (Å²) in [4.78, 5) is 27.7. The summed E-state index contributed by atoms with van der Waals surface area (Å²) in [5.41, 5.74) is 2.35. The third-order valence-electron chi connectivity index (χ3n) is 6.13. The smallest absolute Gasteiger partial charge is 0.300 e. The quantitative estimate of drug-likeness (QED) is 0.296. The average molecular weight is 460 g/mol. The van der Waals surface area contributed by atoms with E-state index in [0.717, 1.165) is 16.0 Å². The van der Waals surface area contributed by atoms with Crippen molar-refractivity contribution in [3.63, 3.8) is 0 Å². The SMILES string of the molecule is Cc1ccc(C(C)(C)C)cc1/C(O)=C1\C(=O)C(=O)N(c2ccccc2O)C1c1ccc(F)cc1. The highest BCUT2D eigenvalue weighted by Crippen LogP contribution is 2.45. The average Bonchev–Trinajstić information content (AvgIpc) is 3.04. The van der Waals surface area contributed by atoms with Crippen LogP contribution in [0, 0.1) is 12.7 Å². The van der Waals surface area contributed by atoms with Crippen LogP contribution in [0.3, 0.4) is 0 Å². The number of carbonyl (C=O) groups excluding carboxylic acids is 2. The van der Waals surface area contributed by atoms with E-state index < -0.39 is 23.5 Å². The van der Waals surface area contributed by atoms with Crippen LogP contribution >= 0.6 is 0 Å². The van der Waals surface area contributed by atoms with E-state index in [1.54, 1.807) is 12.1 Å². The molecule has 0 aliphatic carbocycles. The molecule has 0 spiro atoms. The minimum absolute atomic E-state index is 0.117. The first-order chi connectivity index (χ1) is 16.0. The number of hydrogen-bond donors (Lipinski definition) is 2. The fourth-order valence-corrected chi connectivity index (χ4v) is 4.20.